The zero-order valence-electron chi connectivity index (χ0n) is 24.7. The standard InChI is InChI=1S/2C11H13F2N2O.2C5H5.Ti/c2*1-15(2)11(16)14-6-5-8-3-4-9(12)7-10(8)13;2*1-2-4-5-3-1;/h2*3-4H,5-6H2,1-2H3,(H,14,16);2*1-3H,4H2;/q4*-1;+4. The molecule has 2 aliphatic carbocycles. The fourth-order valence-corrected chi connectivity index (χ4v) is 2.94. The first-order valence-electron chi connectivity index (χ1n) is 13.1. The van der Waals surface area contributed by atoms with E-state index in [2.05, 4.69) is 34.9 Å². The van der Waals surface area contributed by atoms with E-state index in [9.17, 15) is 27.2 Å². The quantitative estimate of drug-likeness (QED) is 0.242. The van der Waals surface area contributed by atoms with Crippen molar-refractivity contribution in [2.75, 3.05) is 41.3 Å². The Morgan fingerprint density at radius 3 is 1.30 bits per heavy atom. The molecule has 6 nitrogen and oxygen atoms in total. The number of rotatable bonds is 6. The molecule has 0 spiro atoms. The molecule has 2 aromatic carbocycles. The molecular formula is C32H36F4N4O2Ti. The Balaban J connectivity index is 0.000000608. The van der Waals surface area contributed by atoms with Crippen molar-refractivity contribution in [2.24, 2.45) is 0 Å². The summed E-state index contributed by atoms with van der Waals surface area (Å²) < 4.78 is 51.3. The molecule has 0 radical (unpaired) electrons. The van der Waals surface area contributed by atoms with Crippen LogP contribution in [-0.2, 0) is 34.6 Å². The predicted molar refractivity (Wildman–Crippen MR) is 155 cm³/mol. The third-order valence-corrected chi connectivity index (χ3v) is 5.21. The number of nitrogens with zero attached hydrogens (tertiary/aromatic N) is 2. The first-order chi connectivity index (χ1) is 20.0. The molecule has 0 bridgehead atoms. The summed E-state index contributed by atoms with van der Waals surface area (Å²) in [6.07, 6.45) is 20.6. The SMILES string of the molecule is CN(C)C(=O)NCCc1ccc(F)[c-]c1F.CN(C)C(=O)NCCc1ccc(F)[c-]c1F.[C-]1=CC=CC1.[C-]1=CC=CC1.[Ti+4]. The van der Waals surface area contributed by atoms with E-state index in [-0.39, 0.29) is 33.8 Å². The van der Waals surface area contributed by atoms with Gasteiger partial charge in [-0.25, -0.2) is 51.5 Å². The van der Waals surface area contributed by atoms with Crippen LogP contribution in [0.3, 0.4) is 0 Å². The molecule has 2 aromatic rings. The van der Waals surface area contributed by atoms with Crippen molar-refractivity contribution in [3.05, 3.63) is 119 Å². The molecule has 0 saturated heterocycles. The molecule has 4 amide bonds. The number of allylic oxidation sites excluding steroid dienone is 8. The van der Waals surface area contributed by atoms with Gasteiger partial charge in [-0.1, -0.05) is 12.8 Å². The first-order valence-corrected chi connectivity index (χ1v) is 13.1. The van der Waals surface area contributed by atoms with Crippen molar-refractivity contribution in [2.45, 2.75) is 25.7 Å². The molecule has 0 atom stereocenters. The van der Waals surface area contributed by atoms with E-state index in [1.165, 1.54) is 21.9 Å². The molecule has 228 valence electrons. The summed E-state index contributed by atoms with van der Waals surface area (Å²) in [5.74, 6) is -2.87. The van der Waals surface area contributed by atoms with Crippen LogP contribution in [0.1, 0.15) is 24.0 Å². The zero-order chi connectivity index (χ0) is 31.3. The van der Waals surface area contributed by atoms with Gasteiger partial charge in [-0.15, -0.1) is 48.2 Å². The van der Waals surface area contributed by atoms with Gasteiger partial charge in [0.15, 0.2) is 0 Å². The van der Waals surface area contributed by atoms with Crippen LogP contribution in [0.2, 0.25) is 0 Å². The number of hydrogen-bond acceptors (Lipinski definition) is 2. The number of carbonyl (C=O) groups is 2. The van der Waals surface area contributed by atoms with Crippen LogP contribution in [0.15, 0.2) is 60.7 Å². The third kappa shape index (κ3) is 18.5. The van der Waals surface area contributed by atoms with Gasteiger partial charge in [0.1, 0.15) is 0 Å². The Bertz CT molecular complexity index is 1130. The first kappa shape index (κ1) is 39.4. The van der Waals surface area contributed by atoms with E-state index in [0.717, 1.165) is 25.0 Å². The van der Waals surface area contributed by atoms with Crippen LogP contribution in [0, 0.1) is 47.6 Å². The Morgan fingerprint density at radius 1 is 0.698 bits per heavy atom. The summed E-state index contributed by atoms with van der Waals surface area (Å²) in [5, 5.41) is 5.17. The monoisotopic (exact) mass is 632 g/mol. The van der Waals surface area contributed by atoms with Crippen LogP contribution in [0.25, 0.3) is 0 Å². The van der Waals surface area contributed by atoms with Gasteiger partial charge in [-0.3, -0.25) is 12.2 Å². The van der Waals surface area contributed by atoms with E-state index < -0.39 is 23.3 Å². The molecule has 0 fully saturated rings. The molecule has 0 aromatic heterocycles. The van der Waals surface area contributed by atoms with Crippen molar-refractivity contribution in [1.29, 1.82) is 0 Å². The van der Waals surface area contributed by atoms with Gasteiger partial charge in [0.05, 0.1) is 0 Å². The minimum Gasteiger partial charge on any atom is -0.339 e. The summed E-state index contributed by atoms with van der Waals surface area (Å²) in [7, 11) is 6.45. The zero-order valence-corrected chi connectivity index (χ0v) is 26.3. The smallest absolute Gasteiger partial charge is 0.339 e. The van der Waals surface area contributed by atoms with Crippen molar-refractivity contribution in [3.8, 4) is 0 Å². The molecule has 0 unspecified atom stereocenters. The number of hydrogen-bond donors (Lipinski definition) is 2. The Hall–Kier alpha value is -3.63. The van der Waals surface area contributed by atoms with Crippen molar-refractivity contribution in [3.63, 3.8) is 0 Å². The van der Waals surface area contributed by atoms with Gasteiger partial charge in [0, 0.05) is 64.5 Å². The number of urea groups is 2. The Morgan fingerprint density at radius 2 is 1.07 bits per heavy atom. The average molecular weight is 633 g/mol. The molecule has 2 aliphatic rings. The van der Waals surface area contributed by atoms with Gasteiger partial charge < -0.3 is 20.4 Å². The number of nitrogens with one attached hydrogen (secondary N) is 2. The summed E-state index contributed by atoms with van der Waals surface area (Å²) in [4.78, 5) is 25.0. The Kier molecular flexibility index (Phi) is 21.0. The summed E-state index contributed by atoms with van der Waals surface area (Å²) in [6, 6.07) is 8.39. The van der Waals surface area contributed by atoms with E-state index in [0.29, 0.717) is 37.1 Å². The fraction of sp³-hybridized carbons (Fsp3) is 0.312. The van der Waals surface area contributed by atoms with Gasteiger partial charge in [-0.05, 0) is 0 Å². The van der Waals surface area contributed by atoms with E-state index in [1.807, 2.05) is 36.4 Å². The maximum Gasteiger partial charge on any atom is 4.00 e. The maximum absolute atomic E-state index is 13.1. The molecule has 2 N–H and O–H groups in total. The van der Waals surface area contributed by atoms with Gasteiger partial charge in [0.2, 0.25) is 0 Å². The van der Waals surface area contributed by atoms with E-state index in [4.69, 9.17) is 0 Å². The third-order valence-electron chi connectivity index (χ3n) is 5.21. The second-order valence-electron chi connectivity index (χ2n) is 9.05. The van der Waals surface area contributed by atoms with Crippen molar-refractivity contribution in [1.82, 2.24) is 20.4 Å². The average Bonchev–Trinajstić information content (AvgIpc) is 3.71. The van der Waals surface area contributed by atoms with Crippen LogP contribution in [0.5, 0.6) is 0 Å². The van der Waals surface area contributed by atoms with Crippen LogP contribution < -0.4 is 10.6 Å². The van der Waals surface area contributed by atoms with Gasteiger partial charge in [-0.2, -0.15) is 24.3 Å². The molecule has 11 heteroatoms. The molecule has 0 heterocycles. The van der Waals surface area contributed by atoms with E-state index >= 15 is 0 Å². The molecule has 4 rings (SSSR count). The van der Waals surface area contributed by atoms with Gasteiger partial charge in [0.25, 0.3) is 0 Å². The number of amides is 4. The van der Waals surface area contributed by atoms with E-state index in [1.54, 1.807) is 28.2 Å². The summed E-state index contributed by atoms with van der Waals surface area (Å²) in [5.41, 5.74) is 0.668. The Labute approximate surface area is 267 Å². The predicted octanol–water partition coefficient (Wildman–Crippen LogP) is 5.77. The molecular weight excluding hydrogens is 596 g/mol. The fourth-order valence-electron chi connectivity index (χ4n) is 2.94. The normalized spacial score (nSPS) is 11.5. The number of benzene rings is 2. The maximum atomic E-state index is 13.1. The van der Waals surface area contributed by atoms with Gasteiger partial charge >= 0.3 is 33.8 Å². The van der Waals surface area contributed by atoms with Crippen molar-refractivity contribution >= 4 is 12.1 Å². The topological polar surface area (TPSA) is 64.7 Å². The minimum absolute atomic E-state index is 0. The summed E-state index contributed by atoms with van der Waals surface area (Å²) >= 11 is 0. The minimum atomic E-state index is -0.724. The molecule has 0 aliphatic heterocycles. The largest absolute Gasteiger partial charge is 4.00 e. The molecule has 43 heavy (non-hydrogen) atoms. The van der Waals surface area contributed by atoms with Crippen LogP contribution >= 0.6 is 0 Å². The van der Waals surface area contributed by atoms with Crippen molar-refractivity contribution < 1.29 is 48.9 Å². The second kappa shape index (κ2) is 22.9. The van der Waals surface area contributed by atoms with Crippen LogP contribution in [0.4, 0.5) is 27.2 Å². The number of halogens is 4. The summed E-state index contributed by atoms with van der Waals surface area (Å²) in [6.45, 7) is 0.598. The second-order valence-corrected chi connectivity index (χ2v) is 9.05. The molecule has 0 saturated carbocycles. The number of carbonyl (C=O) groups excluding carboxylic acids is 2. The van der Waals surface area contributed by atoms with Crippen LogP contribution in [-0.4, -0.2) is 63.1 Å².